The van der Waals surface area contributed by atoms with Crippen molar-refractivity contribution < 1.29 is 33.0 Å². The van der Waals surface area contributed by atoms with Crippen LogP contribution in [0.1, 0.15) is 10.4 Å². The molecule has 0 saturated carbocycles. The van der Waals surface area contributed by atoms with Crippen LogP contribution in [0.5, 0.6) is 5.75 Å². The monoisotopic (exact) mass is 318 g/mol. The number of carboxylic acid groups (broad SMARTS) is 1. The quantitative estimate of drug-likeness (QED) is 0.442. The second-order valence-electron chi connectivity index (χ2n) is 3.90. The molecule has 0 aliphatic carbocycles. The average molecular weight is 318 g/mol. The number of nitrogens with one attached hydrogen (secondary N) is 1. The summed E-state index contributed by atoms with van der Waals surface area (Å²) in [4.78, 5) is 20.9. The van der Waals surface area contributed by atoms with Gasteiger partial charge in [0.2, 0.25) is 15.9 Å². The summed E-state index contributed by atoms with van der Waals surface area (Å²) in [6.45, 7) is -0.533. The Labute approximate surface area is 120 Å². The molecule has 0 bridgehead atoms. The van der Waals surface area contributed by atoms with Gasteiger partial charge in [0.1, 0.15) is 17.9 Å². The van der Waals surface area contributed by atoms with Gasteiger partial charge in [-0.05, 0) is 18.2 Å². The number of carboxylic acids is 1. The van der Waals surface area contributed by atoms with Crippen molar-refractivity contribution in [1.29, 1.82) is 0 Å². The van der Waals surface area contributed by atoms with E-state index in [1.54, 1.807) is 0 Å². The van der Waals surface area contributed by atoms with Gasteiger partial charge >= 0.3 is 5.97 Å². The fourth-order valence-electron chi connectivity index (χ4n) is 1.36. The van der Waals surface area contributed by atoms with Gasteiger partial charge in [0.15, 0.2) is 0 Å². The molecule has 1 rings (SSSR count). The summed E-state index contributed by atoms with van der Waals surface area (Å²) in [5.74, 6) is -2.66. The highest BCUT2D eigenvalue weighted by Crippen LogP contribution is 2.21. The van der Waals surface area contributed by atoms with E-state index in [1.807, 2.05) is 0 Å². The van der Waals surface area contributed by atoms with Gasteiger partial charge in [-0.25, -0.2) is 17.9 Å². The molecule has 0 fully saturated rings. The maximum Gasteiger partial charge on any atom is 0.339 e. The minimum atomic E-state index is -3.95. The highest BCUT2D eigenvalue weighted by molar-refractivity contribution is 7.89. The van der Waals surface area contributed by atoms with Crippen LogP contribution in [-0.2, 0) is 19.6 Å². The molecule has 0 radical (unpaired) electrons. The average Bonchev–Trinajstić information content (AvgIpc) is 2.37. The lowest BCUT2D eigenvalue weighted by Crippen LogP contribution is -2.29. The zero-order chi connectivity index (χ0) is 16.0. The third-order valence-electron chi connectivity index (χ3n) is 2.29. The first kappa shape index (κ1) is 16.9. The maximum absolute atomic E-state index is 11.9. The number of hydrogen-bond acceptors (Lipinski definition) is 6. The van der Waals surface area contributed by atoms with Crippen LogP contribution in [0.4, 0.5) is 0 Å². The number of amides is 1. The first-order valence-electron chi connectivity index (χ1n) is 5.66. The largest absolute Gasteiger partial charge is 0.507 e. The molecule has 1 aromatic rings. The van der Waals surface area contributed by atoms with Crippen molar-refractivity contribution in [2.24, 2.45) is 5.73 Å². The van der Waals surface area contributed by atoms with Gasteiger partial charge in [-0.2, -0.15) is 0 Å². The highest BCUT2D eigenvalue weighted by atomic mass is 32.2. The molecule has 5 N–H and O–H groups in total. The summed E-state index contributed by atoms with van der Waals surface area (Å²) in [5.41, 5.74) is 4.30. The Balaban J connectivity index is 2.72. The van der Waals surface area contributed by atoms with Crippen molar-refractivity contribution in [3.63, 3.8) is 0 Å². The Bertz CT molecular complexity index is 642. The van der Waals surface area contributed by atoms with Gasteiger partial charge in [-0.1, -0.05) is 0 Å². The number of rotatable bonds is 8. The maximum atomic E-state index is 11.9. The van der Waals surface area contributed by atoms with Crippen molar-refractivity contribution in [1.82, 2.24) is 4.72 Å². The summed E-state index contributed by atoms with van der Waals surface area (Å²) in [6.07, 6.45) is 0. The number of primary amides is 1. The van der Waals surface area contributed by atoms with E-state index >= 15 is 0 Å². The molecule has 1 aromatic carbocycles. The zero-order valence-electron chi connectivity index (χ0n) is 10.8. The first-order valence-corrected chi connectivity index (χ1v) is 7.14. The number of benzene rings is 1. The van der Waals surface area contributed by atoms with Crippen LogP contribution in [0.25, 0.3) is 0 Å². The van der Waals surface area contributed by atoms with E-state index in [0.29, 0.717) is 0 Å². The molecule has 9 nitrogen and oxygen atoms in total. The Morgan fingerprint density at radius 3 is 2.57 bits per heavy atom. The Morgan fingerprint density at radius 1 is 1.33 bits per heavy atom. The van der Waals surface area contributed by atoms with Crippen LogP contribution in [0.2, 0.25) is 0 Å². The van der Waals surface area contributed by atoms with Crippen molar-refractivity contribution in [2.75, 3.05) is 19.8 Å². The number of carbonyl (C=O) groups excluding carboxylic acids is 1. The molecule has 116 valence electrons. The molecule has 0 saturated heterocycles. The van der Waals surface area contributed by atoms with Crippen LogP contribution in [0.3, 0.4) is 0 Å². The lowest BCUT2D eigenvalue weighted by molar-refractivity contribution is -0.122. The van der Waals surface area contributed by atoms with E-state index in [4.69, 9.17) is 15.6 Å². The number of phenols is 1. The van der Waals surface area contributed by atoms with Gasteiger partial charge in [0.05, 0.1) is 11.5 Å². The number of hydrogen-bond donors (Lipinski definition) is 4. The number of sulfonamides is 1. The molecule has 0 aromatic heterocycles. The van der Waals surface area contributed by atoms with Crippen molar-refractivity contribution in [3.8, 4) is 5.75 Å². The number of ether oxygens (including phenoxy) is 1. The third kappa shape index (κ3) is 5.02. The minimum absolute atomic E-state index is 0.0773. The third-order valence-corrected chi connectivity index (χ3v) is 3.75. The van der Waals surface area contributed by atoms with E-state index < -0.39 is 33.2 Å². The SMILES string of the molecule is NC(=O)COCCNS(=O)(=O)c1ccc(O)c(C(=O)O)c1. The molecule has 10 heteroatoms. The molecule has 21 heavy (non-hydrogen) atoms. The molecular weight excluding hydrogens is 304 g/mol. The van der Waals surface area contributed by atoms with E-state index in [1.165, 1.54) is 0 Å². The molecule has 0 atom stereocenters. The Kier molecular flexibility index (Phi) is 5.64. The van der Waals surface area contributed by atoms with Crippen molar-refractivity contribution in [2.45, 2.75) is 4.90 Å². The summed E-state index contributed by atoms with van der Waals surface area (Å²) in [5, 5.41) is 18.1. The smallest absolute Gasteiger partial charge is 0.339 e. The van der Waals surface area contributed by atoms with Crippen LogP contribution < -0.4 is 10.5 Å². The zero-order valence-corrected chi connectivity index (χ0v) is 11.6. The number of nitrogens with two attached hydrogens (primary N) is 1. The van der Waals surface area contributed by atoms with E-state index in [2.05, 4.69) is 4.72 Å². The van der Waals surface area contributed by atoms with E-state index in [9.17, 15) is 23.1 Å². The Morgan fingerprint density at radius 2 is 2.00 bits per heavy atom. The highest BCUT2D eigenvalue weighted by Gasteiger charge is 2.18. The van der Waals surface area contributed by atoms with Gasteiger partial charge in [0, 0.05) is 6.54 Å². The predicted molar refractivity (Wildman–Crippen MR) is 70.3 cm³/mol. The van der Waals surface area contributed by atoms with Crippen molar-refractivity contribution in [3.05, 3.63) is 23.8 Å². The lowest BCUT2D eigenvalue weighted by Gasteiger charge is -2.08. The second-order valence-corrected chi connectivity index (χ2v) is 5.67. The van der Waals surface area contributed by atoms with Gasteiger partial charge in [0.25, 0.3) is 0 Å². The molecule has 0 heterocycles. The number of carbonyl (C=O) groups is 2. The number of aromatic carboxylic acids is 1. The first-order chi connectivity index (χ1) is 9.74. The summed E-state index contributed by atoms with van der Waals surface area (Å²) in [7, 11) is -3.95. The summed E-state index contributed by atoms with van der Waals surface area (Å²) < 4.78 is 30.7. The summed E-state index contributed by atoms with van der Waals surface area (Å²) in [6, 6.07) is 2.88. The van der Waals surface area contributed by atoms with E-state index in [-0.39, 0.29) is 24.7 Å². The van der Waals surface area contributed by atoms with Crippen LogP contribution in [0.15, 0.2) is 23.1 Å². The number of aromatic hydroxyl groups is 1. The van der Waals surface area contributed by atoms with Gasteiger partial charge in [-0.15, -0.1) is 0 Å². The predicted octanol–water partition coefficient (Wildman–Crippen LogP) is -1.13. The molecule has 1 amide bonds. The topological polar surface area (TPSA) is 156 Å². The van der Waals surface area contributed by atoms with Crippen molar-refractivity contribution >= 4 is 21.9 Å². The standard InChI is InChI=1S/C11H14N2O7S/c12-10(15)6-20-4-3-13-21(18,19)7-1-2-9(14)8(5-7)11(16)17/h1-2,5,13-14H,3-4,6H2,(H2,12,15)(H,16,17). The molecular formula is C11H14N2O7S. The molecule has 0 aliphatic heterocycles. The molecule has 0 unspecified atom stereocenters. The fourth-order valence-corrected chi connectivity index (χ4v) is 2.40. The van der Waals surface area contributed by atoms with Crippen LogP contribution in [0, 0.1) is 0 Å². The summed E-state index contributed by atoms with van der Waals surface area (Å²) >= 11 is 0. The van der Waals surface area contributed by atoms with Crippen LogP contribution in [-0.4, -0.2) is 50.3 Å². The van der Waals surface area contributed by atoms with Gasteiger partial charge in [-0.3, -0.25) is 4.79 Å². The minimum Gasteiger partial charge on any atom is -0.507 e. The lowest BCUT2D eigenvalue weighted by atomic mass is 10.2. The van der Waals surface area contributed by atoms with Crippen LogP contribution >= 0.6 is 0 Å². The Hall–Kier alpha value is -2.17. The second kappa shape index (κ2) is 7.02. The van der Waals surface area contributed by atoms with Gasteiger partial charge < -0.3 is 20.7 Å². The fraction of sp³-hybridized carbons (Fsp3) is 0.273. The molecule has 0 spiro atoms. The van der Waals surface area contributed by atoms with E-state index in [0.717, 1.165) is 18.2 Å². The molecule has 0 aliphatic rings. The normalized spacial score (nSPS) is 11.2.